The fraction of sp³-hybridized carbons (Fsp3) is 0.556. The first-order valence-electron chi connectivity index (χ1n) is 9.05. The van der Waals surface area contributed by atoms with Crippen LogP contribution in [0.25, 0.3) is 0 Å². The summed E-state index contributed by atoms with van der Waals surface area (Å²) in [6, 6.07) is 0. The van der Waals surface area contributed by atoms with Gasteiger partial charge in [0.15, 0.2) is 5.69 Å². The SMILES string of the molecule is CCc1noc(C)c1C(=O)N1CCc2c(c(C(=O)O)nn2CC2CC2)C1. The maximum Gasteiger partial charge on any atom is 0.356 e. The molecule has 1 fully saturated rings. The Morgan fingerprint density at radius 3 is 2.77 bits per heavy atom. The zero-order chi connectivity index (χ0) is 18.4. The normalized spacial score (nSPS) is 16.6. The van der Waals surface area contributed by atoms with Crippen LogP contribution >= 0.6 is 0 Å². The average molecular weight is 358 g/mol. The highest BCUT2D eigenvalue weighted by molar-refractivity contribution is 5.96. The van der Waals surface area contributed by atoms with Gasteiger partial charge in [-0.2, -0.15) is 5.10 Å². The number of aromatic carboxylic acids is 1. The molecule has 0 atom stereocenters. The standard InChI is InChI=1S/C18H22N4O4/c1-3-13-15(10(2)26-20-13)17(23)21-7-6-14-12(9-21)16(18(24)25)19-22(14)8-11-4-5-11/h11H,3-9H2,1-2H3,(H,24,25). The van der Waals surface area contributed by atoms with Gasteiger partial charge in [0.2, 0.25) is 0 Å². The number of carboxylic acids is 1. The molecule has 3 heterocycles. The van der Waals surface area contributed by atoms with Crippen LogP contribution in [0.4, 0.5) is 0 Å². The number of aryl methyl sites for hydroxylation is 2. The number of rotatable bonds is 5. The van der Waals surface area contributed by atoms with Crippen molar-refractivity contribution in [2.45, 2.75) is 52.6 Å². The van der Waals surface area contributed by atoms with Crippen molar-refractivity contribution < 1.29 is 19.2 Å². The van der Waals surface area contributed by atoms with Gasteiger partial charge in [-0.05, 0) is 32.1 Å². The summed E-state index contributed by atoms with van der Waals surface area (Å²) >= 11 is 0. The molecule has 2 aromatic heterocycles. The van der Waals surface area contributed by atoms with Crippen LogP contribution < -0.4 is 0 Å². The first-order chi connectivity index (χ1) is 12.5. The predicted molar refractivity (Wildman–Crippen MR) is 91.0 cm³/mol. The number of carbonyl (C=O) groups is 2. The molecule has 1 amide bonds. The highest BCUT2D eigenvalue weighted by Crippen LogP contribution is 2.33. The van der Waals surface area contributed by atoms with E-state index in [1.165, 1.54) is 12.8 Å². The molecule has 4 rings (SSSR count). The van der Waals surface area contributed by atoms with Crippen LogP contribution in [0.2, 0.25) is 0 Å². The van der Waals surface area contributed by atoms with E-state index in [0.717, 1.165) is 12.2 Å². The molecular formula is C18H22N4O4. The molecule has 1 saturated carbocycles. The van der Waals surface area contributed by atoms with Gasteiger partial charge < -0.3 is 14.5 Å². The molecule has 0 unspecified atom stereocenters. The maximum absolute atomic E-state index is 13.0. The second kappa shape index (κ2) is 6.26. The van der Waals surface area contributed by atoms with Crippen LogP contribution in [0, 0.1) is 12.8 Å². The van der Waals surface area contributed by atoms with Gasteiger partial charge in [-0.25, -0.2) is 4.79 Å². The van der Waals surface area contributed by atoms with Crippen molar-refractivity contribution in [3.05, 3.63) is 34.0 Å². The van der Waals surface area contributed by atoms with E-state index in [1.807, 2.05) is 11.6 Å². The summed E-state index contributed by atoms with van der Waals surface area (Å²) in [6.45, 7) is 5.22. The van der Waals surface area contributed by atoms with Crippen molar-refractivity contribution in [2.24, 2.45) is 5.92 Å². The van der Waals surface area contributed by atoms with Gasteiger partial charge in [-0.15, -0.1) is 0 Å². The molecule has 0 aromatic carbocycles. The summed E-state index contributed by atoms with van der Waals surface area (Å²) in [5.41, 5.74) is 2.82. The topological polar surface area (TPSA) is 101 Å². The number of hydrogen-bond donors (Lipinski definition) is 1. The van der Waals surface area contributed by atoms with E-state index < -0.39 is 5.97 Å². The van der Waals surface area contributed by atoms with Gasteiger partial charge in [0.1, 0.15) is 11.3 Å². The molecule has 1 aliphatic carbocycles. The summed E-state index contributed by atoms with van der Waals surface area (Å²) in [6.07, 6.45) is 3.57. The Kier molecular flexibility index (Phi) is 4.05. The molecule has 8 heteroatoms. The number of carbonyl (C=O) groups excluding carboxylic acids is 1. The zero-order valence-electron chi connectivity index (χ0n) is 15.0. The fourth-order valence-electron chi connectivity index (χ4n) is 3.62. The van der Waals surface area contributed by atoms with Crippen molar-refractivity contribution in [3.63, 3.8) is 0 Å². The van der Waals surface area contributed by atoms with Crippen molar-refractivity contribution in [2.75, 3.05) is 6.54 Å². The number of fused-ring (bicyclic) bond motifs is 1. The predicted octanol–water partition coefficient (Wildman–Crippen LogP) is 2.05. The molecular weight excluding hydrogens is 336 g/mol. The Balaban J connectivity index is 1.64. The molecule has 8 nitrogen and oxygen atoms in total. The molecule has 2 aliphatic rings. The molecule has 1 aliphatic heterocycles. The first-order valence-corrected chi connectivity index (χ1v) is 9.05. The van der Waals surface area contributed by atoms with Crippen LogP contribution in [-0.2, 0) is 25.9 Å². The minimum Gasteiger partial charge on any atom is -0.476 e. The maximum atomic E-state index is 13.0. The van der Waals surface area contributed by atoms with Gasteiger partial charge in [-0.3, -0.25) is 9.48 Å². The fourth-order valence-corrected chi connectivity index (χ4v) is 3.62. The van der Waals surface area contributed by atoms with Crippen molar-refractivity contribution in [3.8, 4) is 0 Å². The molecule has 26 heavy (non-hydrogen) atoms. The quantitative estimate of drug-likeness (QED) is 0.878. The second-order valence-electron chi connectivity index (χ2n) is 7.10. The minimum absolute atomic E-state index is 0.0657. The minimum atomic E-state index is -1.04. The Bertz CT molecular complexity index is 878. The summed E-state index contributed by atoms with van der Waals surface area (Å²) in [5.74, 6) is -0.0920. The lowest BCUT2D eigenvalue weighted by Gasteiger charge is -2.27. The molecule has 0 radical (unpaired) electrons. The van der Waals surface area contributed by atoms with Gasteiger partial charge >= 0.3 is 5.97 Å². The van der Waals surface area contributed by atoms with E-state index >= 15 is 0 Å². The van der Waals surface area contributed by atoms with E-state index in [-0.39, 0.29) is 18.1 Å². The largest absolute Gasteiger partial charge is 0.476 e. The lowest BCUT2D eigenvalue weighted by Crippen LogP contribution is -2.37. The Hall–Kier alpha value is -2.64. The van der Waals surface area contributed by atoms with Gasteiger partial charge in [0.05, 0.1) is 12.2 Å². The first kappa shape index (κ1) is 16.8. The van der Waals surface area contributed by atoms with Gasteiger partial charge in [-0.1, -0.05) is 12.1 Å². The van der Waals surface area contributed by atoms with Gasteiger partial charge in [0.25, 0.3) is 5.91 Å². The van der Waals surface area contributed by atoms with Crippen LogP contribution in [-0.4, -0.2) is 43.4 Å². The monoisotopic (exact) mass is 358 g/mol. The van der Waals surface area contributed by atoms with Crippen molar-refractivity contribution >= 4 is 11.9 Å². The third-order valence-electron chi connectivity index (χ3n) is 5.23. The molecule has 0 saturated heterocycles. The Labute approximate surface area is 150 Å². The summed E-state index contributed by atoms with van der Waals surface area (Å²) in [4.78, 5) is 26.3. The number of nitrogens with zero attached hydrogens (tertiary/aromatic N) is 4. The Morgan fingerprint density at radius 1 is 1.35 bits per heavy atom. The lowest BCUT2D eigenvalue weighted by molar-refractivity contribution is 0.0673. The van der Waals surface area contributed by atoms with E-state index in [2.05, 4.69) is 10.3 Å². The number of hydrogen-bond acceptors (Lipinski definition) is 5. The van der Waals surface area contributed by atoms with E-state index in [0.29, 0.717) is 47.9 Å². The van der Waals surface area contributed by atoms with E-state index in [1.54, 1.807) is 11.8 Å². The molecule has 0 bridgehead atoms. The average Bonchev–Trinajstić information content (AvgIpc) is 3.25. The smallest absolute Gasteiger partial charge is 0.356 e. The van der Waals surface area contributed by atoms with Crippen molar-refractivity contribution in [1.29, 1.82) is 0 Å². The van der Waals surface area contributed by atoms with Crippen LogP contribution in [0.1, 0.15) is 63.3 Å². The molecule has 138 valence electrons. The lowest BCUT2D eigenvalue weighted by atomic mass is 10.0. The number of carboxylic acid groups (broad SMARTS) is 1. The third-order valence-corrected chi connectivity index (χ3v) is 5.23. The van der Waals surface area contributed by atoms with Gasteiger partial charge in [0, 0.05) is 30.8 Å². The highest BCUT2D eigenvalue weighted by atomic mass is 16.5. The van der Waals surface area contributed by atoms with Crippen LogP contribution in [0.15, 0.2) is 4.52 Å². The molecule has 1 N–H and O–H groups in total. The summed E-state index contributed by atoms with van der Waals surface area (Å²) in [5, 5.41) is 17.8. The summed E-state index contributed by atoms with van der Waals surface area (Å²) < 4.78 is 7.02. The van der Waals surface area contributed by atoms with E-state index in [9.17, 15) is 14.7 Å². The number of amides is 1. The summed E-state index contributed by atoms with van der Waals surface area (Å²) in [7, 11) is 0. The third kappa shape index (κ3) is 2.79. The zero-order valence-corrected chi connectivity index (χ0v) is 15.0. The number of aromatic nitrogens is 3. The second-order valence-corrected chi connectivity index (χ2v) is 7.10. The van der Waals surface area contributed by atoms with Crippen LogP contribution in [0.3, 0.4) is 0 Å². The van der Waals surface area contributed by atoms with E-state index in [4.69, 9.17) is 4.52 Å². The van der Waals surface area contributed by atoms with Crippen molar-refractivity contribution in [1.82, 2.24) is 19.8 Å². The molecule has 0 spiro atoms. The van der Waals surface area contributed by atoms with Crippen LogP contribution in [0.5, 0.6) is 0 Å². The highest BCUT2D eigenvalue weighted by Gasteiger charge is 2.34. The Morgan fingerprint density at radius 2 is 2.12 bits per heavy atom. The molecule has 2 aromatic rings.